The van der Waals surface area contributed by atoms with Crippen LogP contribution in [0, 0.1) is 5.92 Å². The van der Waals surface area contributed by atoms with Crippen molar-refractivity contribution in [1.29, 1.82) is 0 Å². The zero-order valence-electron chi connectivity index (χ0n) is 12.5. The quantitative estimate of drug-likeness (QED) is 0.507. The van der Waals surface area contributed by atoms with Gasteiger partial charge in [0.2, 0.25) is 0 Å². The van der Waals surface area contributed by atoms with E-state index in [4.69, 9.17) is 9.47 Å². The van der Waals surface area contributed by atoms with Crippen LogP contribution in [0.4, 0.5) is 4.79 Å². The molecule has 3 rings (SSSR count). The van der Waals surface area contributed by atoms with Gasteiger partial charge >= 0.3 is 5.97 Å². The van der Waals surface area contributed by atoms with E-state index in [9.17, 15) is 14.4 Å². The summed E-state index contributed by atoms with van der Waals surface area (Å²) in [4.78, 5) is 34.9. The summed E-state index contributed by atoms with van der Waals surface area (Å²) in [6.07, 6.45) is 3.33. The van der Waals surface area contributed by atoms with Crippen molar-refractivity contribution in [2.45, 2.75) is 19.8 Å². The maximum atomic E-state index is 11.8. The zero-order valence-corrected chi connectivity index (χ0v) is 13.3. The van der Waals surface area contributed by atoms with E-state index in [0.717, 1.165) is 24.6 Å². The molecule has 120 valence electrons. The van der Waals surface area contributed by atoms with E-state index < -0.39 is 5.91 Å². The zero-order chi connectivity index (χ0) is 16.4. The van der Waals surface area contributed by atoms with Crippen LogP contribution in [0.5, 0.6) is 11.5 Å². The smallest absolute Gasteiger partial charge is 0.314 e. The van der Waals surface area contributed by atoms with Crippen LogP contribution in [0.25, 0.3) is 6.08 Å². The highest BCUT2D eigenvalue weighted by molar-refractivity contribution is 8.18. The van der Waals surface area contributed by atoms with E-state index in [0.29, 0.717) is 28.6 Å². The standard InChI is InChI=1S/C16H15NO5S/c1-2-21-12-7-9(8-13-14(18)17-16(20)23-13)3-6-11(12)22-15(19)10-4-5-10/h3,6-8,10H,2,4-5H2,1H3,(H,17,18,20)/b13-8-. The summed E-state index contributed by atoms with van der Waals surface area (Å²) >= 11 is 0.850. The number of hydrogen-bond acceptors (Lipinski definition) is 6. The molecule has 0 aromatic heterocycles. The number of carbonyl (C=O) groups is 3. The predicted molar refractivity (Wildman–Crippen MR) is 85.1 cm³/mol. The molecule has 1 aromatic rings. The van der Waals surface area contributed by atoms with Gasteiger partial charge in [-0.05, 0) is 55.3 Å². The van der Waals surface area contributed by atoms with Gasteiger partial charge in [0.25, 0.3) is 11.1 Å². The number of ether oxygens (including phenoxy) is 2. The topological polar surface area (TPSA) is 81.7 Å². The molecule has 2 amide bonds. The Morgan fingerprint density at radius 2 is 2.13 bits per heavy atom. The van der Waals surface area contributed by atoms with Crippen molar-refractivity contribution in [3.63, 3.8) is 0 Å². The van der Waals surface area contributed by atoms with Gasteiger partial charge in [-0.25, -0.2) is 0 Å². The number of thioether (sulfide) groups is 1. The summed E-state index contributed by atoms with van der Waals surface area (Å²) in [7, 11) is 0. The van der Waals surface area contributed by atoms with Crippen LogP contribution in [-0.4, -0.2) is 23.7 Å². The number of nitrogens with one attached hydrogen (secondary N) is 1. The predicted octanol–water partition coefficient (Wildman–Crippen LogP) is 2.72. The van der Waals surface area contributed by atoms with Crippen LogP contribution < -0.4 is 14.8 Å². The molecule has 1 aromatic carbocycles. The van der Waals surface area contributed by atoms with Crippen molar-refractivity contribution in [3.05, 3.63) is 28.7 Å². The lowest BCUT2D eigenvalue weighted by atomic mass is 10.2. The van der Waals surface area contributed by atoms with Crippen LogP contribution in [-0.2, 0) is 9.59 Å². The molecule has 1 aliphatic carbocycles. The minimum absolute atomic E-state index is 0.00383. The minimum atomic E-state index is -0.415. The third kappa shape index (κ3) is 3.73. The molecule has 2 aliphatic rings. The summed E-state index contributed by atoms with van der Waals surface area (Å²) in [5.41, 5.74) is 0.687. The molecule has 0 spiro atoms. The third-order valence-corrected chi connectivity index (χ3v) is 4.14. The van der Waals surface area contributed by atoms with E-state index in [1.54, 1.807) is 24.3 Å². The first-order chi connectivity index (χ1) is 11.1. The molecule has 0 bridgehead atoms. The first-order valence-electron chi connectivity index (χ1n) is 7.30. The Bertz CT molecular complexity index is 708. The fourth-order valence-electron chi connectivity index (χ4n) is 2.05. The van der Waals surface area contributed by atoms with Crippen LogP contribution in [0.1, 0.15) is 25.3 Å². The Morgan fingerprint density at radius 1 is 1.35 bits per heavy atom. The highest BCUT2D eigenvalue weighted by atomic mass is 32.2. The molecule has 23 heavy (non-hydrogen) atoms. The lowest BCUT2D eigenvalue weighted by molar-refractivity contribution is -0.135. The summed E-state index contributed by atoms with van der Waals surface area (Å²) < 4.78 is 10.9. The highest BCUT2D eigenvalue weighted by Crippen LogP contribution is 2.35. The normalized spacial score (nSPS) is 18.9. The Morgan fingerprint density at radius 3 is 2.74 bits per heavy atom. The van der Waals surface area contributed by atoms with Gasteiger partial charge in [-0.2, -0.15) is 0 Å². The van der Waals surface area contributed by atoms with Crippen LogP contribution in [0.2, 0.25) is 0 Å². The number of rotatable bonds is 5. The minimum Gasteiger partial charge on any atom is -0.490 e. The van der Waals surface area contributed by atoms with Crippen molar-refractivity contribution in [1.82, 2.24) is 5.32 Å². The lowest BCUT2D eigenvalue weighted by Crippen LogP contribution is -2.17. The fourth-order valence-corrected chi connectivity index (χ4v) is 2.73. The van der Waals surface area contributed by atoms with E-state index >= 15 is 0 Å². The van der Waals surface area contributed by atoms with Gasteiger partial charge < -0.3 is 9.47 Å². The van der Waals surface area contributed by atoms with Crippen molar-refractivity contribution in [3.8, 4) is 11.5 Å². The number of imide groups is 1. The van der Waals surface area contributed by atoms with Crippen molar-refractivity contribution in [2.75, 3.05) is 6.61 Å². The van der Waals surface area contributed by atoms with Gasteiger partial charge in [-0.1, -0.05) is 6.07 Å². The Labute approximate surface area is 137 Å². The molecule has 0 atom stereocenters. The number of carbonyl (C=O) groups excluding carboxylic acids is 3. The molecular weight excluding hydrogens is 318 g/mol. The summed E-state index contributed by atoms with van der Waals surface area (Å²) in [5, 5.41) is 1.81. The average Bonchev–Trinajstić information content (AvgIpc) is 3.29. The highest BCUT2D eigenvalue weighted by Gasteiger charge is 2.32. The van der Waals surface area contributed by atoms with E-state index in [1.165, 1.54) is 0 Å². The second kappa shape index (κ2) is 6.45. The molecule has 1 heterocycles. The van der Waals surface area contributed by atoms with Gasteiger partial charge in [0, 0.05) is 0 Å². The number of esters is 1. The molecule has 1 aliphatic heterocycles. The van der Waals surface area contributed by atoms with Gasteiger partial charge in [0.05, 0.1) is 17.4 Å². The van der Waals surface area contributed by atoms with Gasteiger partial charge in [-0.15, -0.1) is 0 Å². The summed E-state index contributed by atoms with van der Waals surface area (Å²) in [6.45, 7) is 2.25. The van der Waals surface area contributed by atoms with Crippen molar-refractivity contribution < 1.29 is 23.9 Å². The van der Waals surface area contributed by atoms with E-state index in [-0.39, 0.29) is 17.1 Å². The largest absolute Gasteiger partial charge is 0.490 e. The Kier molecular flexibility index (Phi) is 4.38. The first-order valence-corrected chi connectivity index (χ1v) is 8.12. The Hall–Kier alpha value is -2.28. The molecule has 6 nitrogen and oxygen atoms in total. The monoisotopic (exact) mass is 333 g/mol. The first kappa shape index (κ1) is 15.6. The molecular formula is C16H15NO5S. The van der Waals surface area contributed by atoms with Crippen molar-refractivity contribution in [2.24, 2.45) is 5.92 Å². The van der Waals surface area contributed by atoms with Crippen LogP contribution in [0.3, 0.4) is 0 Å². The van der Waals surface area contributed by atoms with Crippen LogP contribution >= 0.6 is 11.8 Å². The molecule has 0 radical (unpaired) electrons. The average molecular weight is 333 g/mol. The van der Waals surface area contributed by atoms with E-state index in [2.05, 4.69) is 5.32 Å². The maximum absolute atomic E-state index is 11.8. The molecule has 0 unspecified atom stereocenters. The number of amides is 2. The Balaban J connectivity index is 1.83. The second-order valence-corrected chi connectivity index (χ2v) is 6.20. The summed E-state index contributed by atoms with van der Waals surface area (Å²) in [6, 6.07) is 5.03. The molecule has 7 heteroatoms. The molecule has 1 saturated heterocycles. The number of hydrogen-bond donors (Lipinski definition) is 1. The van der Waals surface area contributed by atoms with Crippen molar-refractivity contribution >= 4 is 35.0 Å². The third-order valence-electron chi connectivity index (χ3n) is 3.33. The number of benzene rings is 1. The molecule has 2 fully saturated rings. The molecule has 1 saturated carbocycles. The molecule has 1 N–H and O–H groups in total. The van der Waals surface area contributed by atoms with Crippen LogP contribution in [0.15, 0.2) is 23.1 Å². The van der Waals surface area contributed by atoms with Gasteiger partial charge in [0.15, 0.2) is 11.5 Å². The van der Waals surface area contributed by atoms with E-state index in [1.807, 2.05) is 6.92 Å². The van der Waals surface area contributed by atoms with Gasteiger partial charge in [0.1, 0.15) is 0 Å². The SMILES string of the molecule is CCOc1cc(/C=C2\SC(=O)NC2=O)ccc1OC(=O)C1CC1. The fraction of sp³-hybridized carbons (Fsp3) is 0.312. The summed E-state index contributed by atoms with van der Waals surface area (Å²) in [5.74, 6) is 0.141. The lowest BCUT2D eigenvalue weighted by Gasteiger charge is -2.11. The maximum Gasteiger partial charge on any atom is 0.314 e. The van der Waals surface area contributed by atoms with Gasteiger partial charge in [-0.3, -0.25) is 19.7 Å². The second-order valence-electron chi connectivity index (χ2n) is 5.19.